The second kappa shape index (κ2) is 10.5. The van der Waals surface area contributed by atoms with Gasteiger partial charge in [-0.1, -0.05) is 146 Å². The maximum Gasteiger partial charge on any atom is 0.168 e. The van der Waals surface area contributed by atoms with Gasteiger partial charge in [-0.25, -0.2) is 0 Å². The Morgan fingerprint density at radius 2 is 0.789 bits per heavy atom. The molecule has 9 aromatic carbocycles. The van der Waals surface area contributed by atoms with Crippen LogP contribution < -0.4 is 0 Å². The van der Waals surface area contributed by atoms with E-state index in [9.17, 15) is 0 Å². The maximum atomic E-state index is 5.25. The van der Waals surface area contributed by atoms with Crippen LogP contribution in [0.1, 0.15) is 0 Å². The Morgan fingerprint density at radius 3 is 1.49 bits per heavy atom. The summed E-state index contributed by atoms with van der Waals surface area (Å²) in [5.41, 5.74) is 8.21. The first-order valence-corrected chi connectivity index (χ1v) is 19.5. The van der Waals surface area contributed by atoms with Gasteiger partial charge in [-0.2, -0.15) is 0 Å². The first-order chi connectivity index (χ1) is 28.3. The summed E-state index contributed by atoms with van der Waals surface area (Å²) in [7, 11) is 0. The van der Waals surface area contributed by atoms with Crippen molar-refractivity contribution >= 4 is 114 Å². The van der Waals surface area contributed by atoms with Gasteiger partial charge in [-0.3, -0.25) is 9.13 Å². The van der Waals surface area contributed by atoms with E-state index in [0.717, 1.165) is 44.5 Å². The molecule has 5 nitrogen and oxygen atoms in total. The van der Waals surface area contributed by atoms with Crippen LogP contribution in [0.2, 0.25) is 0 Å². The van der Waals surface area contributed by atoms with Gasteiger partial charge in [0.25, 0.3) is 0 Å². The van der Waals surface area contributed by atoms with Gasteiger partial charge in [0, 0.05) is 59.2 Å². The molecule has 57 heavy (non-hydrogen) atoms. The summed E-state index contributed by atoms with van der Waals surface area (Å²) < 4.78 is 7.19. The SMILES string of the molecule is c1ccc2c(c1)ccc1c2c2ccccc2n1-c1nnc(-n2c3ccccc3c3c4c5ccc6ccccc6c5n5c6ccccc6c(cc32)c45)c2ccccc12. The minimum absolute atomic E-state index is 0.818. The number of fused-ring (bicyclic) bond motifs is 18. The lowest BCUT2D eigenvalue weighted by Crippen LogP contribution is -2.06. The third kappa shape index (κ3) is 3.60. The molecule has 0 saturated carbocycles. The van der Waals surface area contributed by atoms with Crippen molar-refractivity contribution in [2.45, 2.75) is 0 Å². The number of benzene rings is 9. The van der Waals surface area contributed by atoms with E-state index < -0.39 is 0 Å². The quantitative estimate of drug-likeness (QED) is 0.178. The Bertz CT molecular complexity index is 4050. The molecule has 0 radical (unpaired) electrons. The predicted molar refractivity (Wildman–Crippen MR) is 238 cm³/mol. The summed E-state index contributed by atoms with van der Waals surface area (Å²) in [4.78, 5) is 0. The molecule has 0 fully saturated rings. The van der Waals surface area contributed by atoms with Crippen LogP contribution in [0, 0.1) is 0 Å². The van der Waals surface area contributed by atoms with Crippen LogP contribution >= 0.6 is 0 Å². The van der Waals surface area contributed by atoms with Gasteiger partial charge in [0.15, 0.2) is 11.6 Å². The zero-order valence-electron chi connectivity index (χ0n) is 30.5. The molecule has 5 aromatic heterocycles. The van der Waals surface area contributed by atoms with Crippen LogP contribution in [0.5, 0.6) is 0 Å². The van der Waals surface area contributed by atoms with Crippen LogP contribution in [0.3, 0.4) is 0 Å². The second-order valence-electron chi connectivity index (χ2n) is 15.4. The first kappa shape index (κ1) is 29.6. The van der Waals surface area contributed by atoms with Gasteiger partial charge < -0.3 is 4.40 Å². The summed E-state index contributed by atoms with van der Waals surface area (Å²) in [6, 6.07) is 63.9. The first-order valence-electron chi connectivity index (χ1n) is 19.5. The van der Waals surface area contributed by atoms with E-state index in [-0.39, 0.29) is 0 Å². The third-order valence-corrected chi connectivity index (χ3v) is 12.6. The van der Waals surface area contributed by atoms with Crippen molar-refractivity contribution in [3.63, 3.8) is 0 Å². The highest BCUT2D eigenvalue weighted by Gasteiger charge is 2.27. The zero-order chi connectivity index (χ0) is 36.9. The van der Waals surface area contributed by atoms with Crippen LogP contribution in [0.4, 0.5) is 0 Å². The second-order valence-corrected chi connectivity index (χ2v) is 15.4. The number of hydrogen-bond acceptors (Lipinski definition) is 2. The molecule has 0 unspecified atom stereocenters. The molecular weight excluding hydrogens is 695 g/mol. The van der Waals surface area contributed by atoms with Crippen molar-refractivity contribution in [3.05, 3.63) is 176 Å². The fourth-order valence-corrected chi connectivity index (χ4v) is 10.4. The molecule has 262 valence electrons. The van der Waals surface area contributed by atoms with Crippen molar-refractivity contribution in [2.75, 3.05) is 0 Å². The number of aromatic nitrogens is 5. The van der Waals surface area contributed by atoms with Crippen molar-refractivity contribution in [1.29, 1.82) is 0 Å². The summed E-state index contributed by atoms with van der Waals surface area (Å²) in [6.45, 7) is 0. The Hall–Kier alpha value is -7.76. The van der Waals surface area contributed by atoms with Gasteiger partial charge in [0.2, 0.25) is 0 Å². The van der Waals surface area contributed by atoms with Crippen LogP contribution in [0.15, 0.2) is 176 Å². The molecule has 0 amide bonds. The normalized spacial score (nSPS) is 12.6. The monoisotopic (exact) mass is 723 g/mol. The number of para-hydroxylation sites is 3. The van der Waals surface area contributed by atoms with Crippen molar-refractivity contribution in [3.8, 4) is 11.6 Å². The fraction of sp³-hybridized carbons (Fsp3) is 0. The molecule has 5 heterocycles. The third-order valence-electron chi connectivity index (χ3n) is 12.6. The largest absolute Gasteiger partial charge is 0.307 e. The average Bonchev–Trinajstić information content (AvgIpc) is 4.00. The lowest BCUT2D eigenvalue weighted by Gasteiger charge is -2.14. The lowest BCUT2D eigenvalue weighted by molar-refractivity contribution is 0.930. The highest BCUT2D eigenvalue weighted by atomic mass is 15.3. The lowest BCUT2D eigenvalue weighted by atomic mass is 10.00. The maximum absolute atomic E-state index is 5.25. The highest BCUT2D eigenvalue weighted by Crippen LogP contribution is 2.48. The molecule has 0 saturated heterocycles. The average molecular weight is 724 g/mol. The Labute approximate surface area is 324 Å². The van der Waals surface area contributed by atoms with Crippen molar-refractivity contribution < 1.29 is 0 Å². The van der Waals surface area contributed by atoms with E-state index in [1.54, 1.807) is 0 Å². The summed E-state index contributed by atoms with van der Waals surface area (Å²) >= 11 is 0. The van der Waals surface area contributed by atoms with Gasteiger partial charge in [0.1, 0.15) is 0 Å². The van der Waals surface area contributed by atoms with E-state index in [0.29, 0.717) is 0 Å². The van der Waals surface area contributed by atoms with Gasteiger partial charge in [-0.15, -0.1) is 10.2 Å². The minimum atomic E-state index is 0.818. The van der Waals surface area contributed by atoms with E-state index in [4.69, 9.17) is 10.2 Å². The number of rotatable bonds is 2. The summed E-state index contributed by atoms with van der Waals surface area (Å²) in [6.07, 6.45) is 0. The standard InChI is InChI=1S/C52H29N5/c1-3-15-32-30(13-1)26-28-44-46(32)37-20-8-11-23-42(37)55(44)51-35-18-5-6-19-36(35)52(54-53-51)56-43-24-12-9-21-38(43)47-45(56)29-40-34-17-7-10-22-41(34)57-49-33-16-4-2-14-31(33)25-27-39(49)48(47)50(40)57/h1-29H. The van der Waals surface area contributed by atoms with Crippen molar-refractivity contribution in [2.24, 2.45) is 0 Å². The van der Waals surface area contributed by atoms with Gasteiger partial charge in [-0.05, 0) is 46.5 Å². The van der Waals surface area contributed by atoms with Gasteiger partial charge >= 0.3 is 0 Å². The fourth-order valence-electron chi connectivity index (χ4n) is 10.4. The molecule has 14 rings (SSSR count). The molecule has 0 aliphatic carbocycles. The number of nitrogens with zero attached hydrogens (tertiary/aromatic N) is 5. The van der Waals surface area contributed by atoms with Crippen LogP contribution in [0.25, 0.3) is 126 Å². The molecule has 0 aliphatic rings. The molecule has 0 atom stereocenters. The Kier molecular flexibility index (Phi) is 5.45. The summed E-state index contributed by atoms with van der Waals surface area (Å²) in [5.74, 6) is 1.64. The molecule has 0 bridgehead atoms. The Balaban J connectivity index is 1.14. The van der Waals surface area contributed by atoms with Crippen LogP contribution in [-0.4, -0.2) is 23.7 Å². The molecule has 14 aromatic rings. The smallest absolute Gasteiger partial charge is 0.168 e. The Morgan fingerprint density at radius 1 is 0.281 bits per heavy atom. The minimum Gasteiger partial charge on any atom is -0.307 e. The predicted octanol–water partition coefficient (Wildman–Crippen LogP) is 13.3. The molecule has 0 N–H and O–H groups in total. The molecule has 5 heteroatoms. The zero-order valence-corrected chi connectivity index (χ0v) is 30.5. The van der Waals surface area contributed by atoms with Crippen molar-refractivity contribution in [1.82, 2.24) is 23.7 Å². The van der Waals surface area contributed by atoms with E-state index in [1.807, 2.05) is 0 Å². The molecular formula is C52H29N5. The number of hydrogen-bond donors (Lipinski definition) is 0. The van der Waals surface area contributed by atoms with Crippen LogP contribution in [-0.2, 0) is 0 Å². The van der Waals surface area contributed by atoms with Gasteiger partial charge in [0.05, 0.1) is 38.6 Å². The van der Waals surface area contributed by atoms with E-state index in [2.05, 4.69) is 189 Å². The molecule has 0 spiro atoms. The topological polar surface area (TPSA) is 40.0 Å². The highest BCUT2D eigenvalue weighted by molar-refractivity contribution is 6.37. The van der Waals surface area contributed by atoms with E-state index in [1.165, 1.54) is 81.2 Å². The summed E-state index contributed by atoms with van der Waals surface area (Å²) in [5, 5.41) is 27.4. The van der Waals surface area contributed by atoms with E-state index >= 15 is 0 Å². The molecule has 0 aliphatic heterocycles.